The van der Waals surface area contributed by atoms with Crippen LogP contribution in [-0.2, 0) is 28.8 Å². The molecule has 4 amide bonds. The summed E-state index contributed by atoms with van der Waals surface area (Å²) in [6, 6.07) is -4.68. The van der Waals surface area contributed by atoms with Gasteiger partial charge in [0.25, 0.3) is 0 Å². The van der Waals surface area contributed by atoms with E-state index in [9.17, 15) is 33.9 Å². The maximum atomic E-state index is 12.5. The lowest BCUT2D eigenvalue weighted by Crippen LogP contribution is -2.56. The molecule has 0 aromatic carbocycles. The third kappa shape index (κ3) is 12.1. The predicted molar refractivity (Wildman–Crippen MR) is 115 cm³/mol. The van der Waals surface area contributed by atoms with E-state index in [4.69, 9.17) is 16.6 Å². The molecule has 13 nitrogen and oxygen atoms in total. The van der Waals surface area contributed by atoms with Crippen molar-refractivity contribution in [2.24, 2.45) is 11.5 Å². The van der Waals surface area contributed by atoms with Crippen LogP contribution >= 0.6 is 11.8 Å². The van der Waals surface area contributed by atoms with E-state index in [0.717, 1.165) is 0 Å². The number of nitrogens with one attached hydrogen (secondary N) is 3. The van der Waals surface area contributed by atoms with Gasteiger partial charge >= 0.3 is 11.9 Å². The van der Waals surface area contributed by atoms with Crippen molar-refractivity contribution in [3.8, 4) is 0 Å². The number of primary amides is 1. The van der Waals surface area contributed by atoms with Gasteiger partial charge in [-0.05, 0) is 38.2 Å². The Morgan fingerprint density at radius 2 is 1.44 bits per heavy atom. The fourth-order valence-corrected chi connectivity index (χ4v) is 2.88. The van der Waals surface area contributed by atoms with Gasteiger partial charge < -0.3 is 37.6 Å². The van der Waals surface area contributed by atoms with Gasteiger partial charge in [-0.1, -0.05) is 0 Å². The Labute approximate surface area is 189 Å². The minimum atomic E-state index is -1.44. The first-order valence-corrected chi connectivity index (χ1v) is 11.2. The SMILES string of the molecule is CSCCC(NC(=O)C(C)NC(=O)C(N)CCC(N)=O)C(=O)NC(CCC(=O)O)C(=O)O. The van der Waals surface area contributed by atoms with Crippen LogP contribution in [0.2, 0.25) is 0 Å². The first-order valence-electron chi connectivity index (χ1n) is 9.77. The summed E-state index contributed by atoms with van der Waals surface area (Å²) in [5.41, 5.74) is 10.7. The molecule has 4 unspecified atom stereocenters. The predicted octanol–water partition coefficient (Wildman–Crippen LogP) is -2.24. The van der Waals surface area contributed by atoms with Gasteiger partial charge in [0.05, 0.1) is 6.04 Å². The maximum Gasteiger partial charge on any atom is 0.326 e. The highest BCUT2D eigenvalue weighted by Gasteiger charge is 2.28. The van der Waals surface area contributed by atoms with Crippen LogP contribution in [0.1, 0.15) is 39.0 Å². The summed E-state index contributed by atoms with van der Waals surface area (Å²) in [4.78, 5) is 69.8. The molecule has 0 saturated heterocycles. The van der Waals surface area contributed by atoms with Crippen LogP contribution in [0.4, 0.5) is 0 Å². The molecule has 14 heteroatoms. The number of aliphatic carboxylic acids is 2. The molecule has 0 aromatic heterocycles. The summed E-state index contributed by atoms with van der Waals surface area (Å²) < 4.78 is 0. The van der Waals surface area contributed by atoms with Gasteiger partial charge in [0.2, 0.25) is 23.6 Å². The zero-order chi connectivity index (χ0) is 24.8. The van der Waals surface area contributed by atoms with Crippen LogP contribution in [0.5, 0.6) is 0 Å². The molecule has 0 aliphatic rings. The second-order valence-corrected chi connectivity index (χ2v) is 8.00. The van der Waals surface area contributed by atoms with Crippen LogP contribution in [0, 0.1) is 0 Å². The van der Waals surface area contributed by atoms with E-state index < -0.39 is 66.2 Å². The van der Waals surface area contributed by atoms with Crippen molar-refractivity contribution in [1.29, 1.82) is 0 Å². The zero-order valence-corrected chi connectivity index (χ0v) is 18.8. The first-order chi connectivity index (χ1) is 14.9. The average Bonchev–Trinajstić information content (AvgIpc) is 2.71. The number of rotatable bonds is 16. The highest BCUT2D eigenvalue weighted by atomic mass is 32.2. The van der Waals surface area contributed by atoms with Gasteiger partial charge in [-0.25, -0.2) is 4.79 Å². The second-order valence-electron chi connectivity index (χ2n) is 7.02. The van der Waals surface area contributed by atoms with Crippen molar-refractivity contribution in [2.45, 2.75) is 63.2 Å². The molecule has 0 heterocycles. The zero-order valence-electron chi connectivity index (χ0n) is 18.0. The Bertz CT molecular complexity index is 705. The quantitative estimate of drug-likeness (QED) is 0.126. The molecule has 0 bridgehead atoms. The fourth-order valence-electron chi connectivity index (χ4n) is 2.41. The molecule has 0 fully saturated rings. The molecular formula is C18H31N5O8S. The fraction of sp³-hybridized carbons (Fsp3) is 0.667. The van der Waals surface area contributed by atoms with Gasteiger partial charge in [-0.3, -0.25) is 24.0 Å². The number of carboxylic acids is 2. The monoisotopic (exact) mass is 477 g/mol. The second kappa shape index (κ2) is 15.0. The largest absolute Gasteiger partial charge is 0.481 e. The highest BCUT2D eigenvalue weighted by Crippen LogP contribution is 2.05. The lowest BCUT2D eigenvalue weighted by Gasteiger charge is -2.23. The Hall–Kier alpha value is -2.87. The van der Waals surface area contributed by atoms with Crippen LogP contribution in [0.3, 0.4) is 0 Å². The number of hydrogen-bond acceptors (Lipinski definition) is 8. The third-order valence-corrected chi connectivity index (χ3v) is 4.94. The maximum absolute atomic E-state index is 12.5. The van der Waals surface area contributed by atoms with Crippen LogP contribution < -0.4 is 27.4 Å². The first kappa shape index (κ1) is 29.1. The number of hydrogen-bond donors (Lipinski definition) is 7. The van der Waals surface area contributed by atoms with Crippen molar-refractivity contribution in [2.75, 3.05) is 12.0 Å². The molecule has 0 spiro atoms. The summed E-state index contributed by atoms with van der Waals surface area (Å²) >= 11 is 1.40. The lowest BCUT2D eigenvalue weighted by atomic mass is 10.1. The Balaban J connectivity index is 5.04. The molecule has 0 aliphatic carbocycles. The van der Waals surface area contributed by atoms with Crippen LogP contribution in [-0.4, -0.2) is 82.0 Å². The molecule has 0 saturated carbocycles. The van der Waals surface area contributed by atoms with Crippen LogP contribution in [0.15, 0.2) is 0 Å². The number of thioether (sulfide) groups is 1. The van der Waals surface area contributed by atoms with E-state index in [1.54, 1.807) is 6.26 Å². The summed E-state index contributed by atoms with van der Waals surface area (Å²) in [6.45, 7) is 1.37. The van der Waals surface area contributed by atoms with E-state index in [1.807, 2.05) is 0 Å². The Morgan fingerprint density at radius 3 is 1.94 bits per heavy atom. The van der Waals surface area contributed by atoms with Crippen molar-refractivity contribution >= 4 is 47.3 Å². The van der Waals surface area contributed by atoms with Gasteiger partial charge in [-0.15, -0.1) is 0 Å². The van der Waals surface area contributed by atoms with E-state index in [0.29, 0.717) is 5.75 Å². The number of amides is 4. The highest BCUT2D eigenvalue weighted by molar-refractivity contribution is 7.98. The van der Waals surface area contributed by atoms with Gasteiger partial charge in [0, 0.05) is 12.8 Å². The molecule has 4 atom stereocenters. The minimum absolute atomic E-state index is 0.00117. The number of nitrogens with two attached hydrogens (primary N) is 2. The molecule has 0 rings (SSSR count). The summed E-state index contributed by atoms with van der Waals surface area (Å²) in [5.74, 6) is -4.95. The molecule has 182 valence electrons. The van der Waals surface area contributed by atoms with Crippen molar-refractivity contribution in [3.63, 3.8) is 0 Å². The van der Waals surface area contributed by atoms with Gasteiger partial charge in [0.1, 0.15) is 18.1 Å². The van der Waals surface area contributed by atoms with Gasteiger partial charge in [0.15, 0.2) is 0 Å². The van der Waals surface area contributed by atoms with Gasteiger partial charge in [-0.2, -0.15) is 11.8 Å². The average molecular weight is 478 g/mol. The molecule has 0 aliphatic heterocycles. The van der Waals surface area contributed by atoms with E-state index >= 15 is 0 Å². The van der Waals surface area contributed by atoms with Crippen LogP contribution in [0.25, 0.3) is 0 Å². The Kier molecular flexibility index (Phi) is 13.7. The summed E-state index contributed by atoms with van der Waals surface area (Å²) in [6.07, 6.45) is 1.07. The minimum Gasteiger partial charge on any atom is -0.481 e. The standard InChI is InChI=1S/C18H31N5O8S/c1-9(21-16(28)10(19)3-5-13(20)24)15(27)22-11(7-8-32-2)17(29)23-12(18(30)31)4-6-14(25)26/h9-12H,3-8,19H2,1-2H3,(H2,20,24)(H,21,28)(H,22,27)(H,23,29)(H,25,26)(H,30,31). The Morgan fingerprint density at radius 1 is 0.844 bits per heavy atom. The topological polar surface area (TPSA) is 231 Å². The number of carboxylic acid groups (broad SMARTS) is 2. The summed E-state index contributed by atoms with van der Waals surface area (Å²) in [5, 5.41) is 25.0. The lowest BCUT2D eigenvalue weighted by molar-refractivity contribution is -0.143. The van der Waals surface area contributed by atoms with E-state index in [-0.39, 0.29) is 25.7 Å². The number of carbonyl (C=O) groups excluding carboxylic acids is 4. The molecule has 0 radical (unpaired) electrons. The van der Waals surface area contributed by atoms with Crippen molar-refractivity contribution < 1.29 is 39.0 Å². The number of carbonyl (C=O) groups is 6. The smallest absolute Gasteiger partial charge is 0.326 e. The molecule has 32 heavy (non-hydrogen) atoms. The van der Waals surface area contributed by atoms with Crippen molar-refractivity contribution in [3.05, 3.63) is 0 Å². The van der Waals surface area contributed by atoms with Crippen molar-refractivity contribution in [1.82, 2.24) is 16.0 Å². The molecule has 9 N–H and O–H groups in total. The van der Waals surface area contributed by atoms with E-state index in [2.05, 4.69) is 16.0 Å². The molecule has 0 aromatic rings. The normalized spacial score (nSPS) is 14.3. The summed E-state index contributed by atoms with van der Waals surface area (Å²) in [7, 11) is 0. The third-order valence-electron chi connectivity index (χ3n) is 4.30. The molecular weight excluding hydrogens is 446 g/mol. The van der Waals surface area contributed by atoms with E-state index in [1.165, 1.54) is 18.7 Å².